The van der Waals surface area contributed by atoms with E-state index in [1.54, 1.807) is 13.1 Å². The molecule has 0 radical (unpaired) electrons. The van der Waals surface area contributed by atoms with Gasteiger partial charge in [-0.05, 0) is 43.0 Å². The van der Waals surface area contributed by atoms with E-state index in [4.69, 9.17) is 33.7 Å². The summed E-state index contributed by atoms with van der Waals surface area (Å²) in [5.74, 6) is 0.307. The van der Waals surface area contributed by atoms with Crippen LogP contribution in [0.25, 0.3) is 5.69 Å². The molecule has 1 heterocycles. The molecular formula is C22H27Cl2N5O4. The Kier molecular flexibility index (Phi) is 9.04. The molecule has 1 amide bonds. The number of nitrogens with one attached hydrogen (secondary N) is 2. The molecule has 0 aliphatic rings. The number of hydrogen-bond donors (Lipinski definition) is 3. The molecule has 0 unspecified atom stereocenters. The average Bonchev–Trinajstić information content (AvgIpc) is 2.76. The van der Waals surface area contributed by atoms with E-state index < -0.39 is 11.2 Å². The summed E-state index contributed by atoms with van der Waals surface area (Å²) in [6.07, 6.45) is 2.33. The first kappa shape index (κ1) is 26.4. The number of aromatic amines is 1. The van der Waals surface area contributed by atoms with Gasteiger partial charge in [-0.3, -0.25) is 14.6 Å². The Morgan fingerprint density at radius 3 is 2.39 bits per heavy atom. The van der Waals surface area contributed by atoms with Crippen LogP contribution in [0.3, 0.4) is 0 Å². The van der Waals surface area contributed by atoms with E-state index >= 15 is 0 Å². The van der Waals surface area contributed by atoms with Crippen molar-refractivity contribution >= 4 is 29.1 Å². The van der Waals surface area contributed by atoms with Gasteiger partial charge in [0.15, 0.2) is 5.75 Å². The lowest BCUT2D eigenvalue weighted by molar-refractivity contribution is -0.117. The number of carbonyl (C=O) groups excluding carboxylic acids is 1. The molecule has 0 bridgehead atoms. The molecule has 0 fully saturated rings. The summed E-state index contributed by atoms with van der Waals surface area (Å²) in [6, 6.07) is 2.86. The molecule has 0 saturated heterocycles. The van der Waals surface area contributed by atoms with E-state index in [0.717, 1.165) is 10.3 Å². The van der Waals surface area contributed by atoms with Crippen molar-refractivity contribution in [3.05, 3.63) is 71.7 Å². The number of ether oxygens (including phenoxy) is 1. The fraction of sp³-hybridized carbons (Fsp3) is 0.364. The zero-order chi connectivity index (χ0) is 24.9. The summed E-state index contributed by atoms with van der Waals surface area (Å²) in [7, 11) is 1.56. The summed E-state index contributed by atoms with van der Waals surface area (Å²) < 4.78 is 7.01. The molecule has 0 aliphatic heterocycles. The van der Waals surface area contributed by atoms with E-state index in [1.165, 1.54) is 12.1 Å². The van der Waals surface area contributed by atoms with E-state index in [2.05, 4.69) is 15.4 Å². The Hall–Kier alpha value is -2.88. The summed E-state index contributed by atoms with van der Waals surface area (Å²) in [5, 5.41) is 6.81. The van der Waals surface area contributed by atoms with Crippen LogP contribution < -0.4 is 27.0 Å². The number of nitrogens with zero attached hydrogens (tertiary/aromatic N) is 2. The lowest BCUT2D eigenvalue weighted by atomic mass is 10.0. The molecule has 2 rings (SSSR count). The predicted octanol–water partition coefficient (Wildman–Crippen LogP) is 3.08. The first-order valence-corrected chi connectivity index (χ1v) is 11.0. The second-order valence-corrected chi connectivity index (χ2v) is 8.31. The Morgan fingerprint density at radius 2 is 1.91 bits per heavy atom. The van der Waals surface area contributed by atoms with Crippen molar-refractivity contribution in [1.29, 1.82) is 0 Å². The van der Waals surface area contributed by atoms with Crippen LogP contribution in [-0.2, 0) is 11.3 Å². The molecule has 0 atom stereocenters. The summed E-state index contributed by atoms with van der Waals surface area (Å²) in [5.41, 5.74) is 5.68. The smallest absolute Gasteiger partial charge is 0.349 e. The quantitative estimate of drug-likeness (QED) is 0.292. The number of halogens is 2. The number of hydrogen-bond acceptors (Lipinski definition) is 6. The van der Waals surface area contributed by atoms with Crippen LogP contribution in [0.4, 0.5) is 0 Å². The van der Waals surface area contributed by atoms with Crippen molar-refractivity contribution in [2.45, 2.75) is 40.7 Å². The van der Waals surface area contributed by atoms with E-state index in [-0.39, 0.29) is 45.5 Å². The molecule has 0 spiro atoms. The van der Waals surface area contributed by atoms with Gasteiger partial charge in [-0.2, -0.15) is 9.78 Å². The van der Waals surface area contributed by atoms with E-state index in [0.29, 0.717) is 17.8 Å². The van der Waals surface area contributed by atoms with Gasteiger partial charge in [-0.25, -0.2) is 4.79 Å². The fourth-order valence-corrected chi connectivity index (χ4v) is 3.37. The monoisotopic (exact) mass is 495 g/mol. The highest BCUT2D eigenvalue weighted by Gasteiger charge is 2.18. The number of aromatic nitrogens is 3. The Bertz CT molecular complexity index is 1210. The fourth-order valence-electron chi connectivity index (χ4n) is 2.81. The number of carbonyl (C=O) groups is 1. The Labute approximate surface area is 201 Å². The molecule has 2 aromatic rings. The summed E-state index contributed by atoms with van der Waals surface area (Å²) >= 11 is 12.9. The number of amides is 1. The normalized spacial score (nSPS) is 12.6. The number of rotatable bonds is 8. The maximum atomic E-state index is 12.3. The zero-order valence-corrected chi connectivity index (χ0v) is 20.6. The number of likely N-dealkylation sites (N-methyl/N-ethyl adjacent to an activating group) is 1. The van der Waals surface area contributed by atoms with Gasteiger partial charge in [0.25, 0.3) is 5.56 Å². The number of nitrogens with two attached hydrogens (primary N) is 1. The molecule has 9 nitrogen and oxygen atoms in total. The lowest BCUT2D eigenvalue weighted by Crippen LogP contribution is -2.34. The Balaban J connectivity index is 2.59. The van der Waals surface area contributed by atoms with E-state index in [1.807, 2.05) is 27.7 Å². The molecule has 178 valence electrons. The minimum Gasteiger partial charge on any atom is -0.454 e. The van der Waals surface area contributed by atoms with Crippen LogP contribution in [0.15, 0.2) is 44.7 Å². The van der Waals surface area contributed by atoms with Gasteiger partial charge in [-0.1, -0.05) is 44.0 Å². The molecule has 4 N–H and O–H groups in total. The predicted molar refractivity (Wildman–Crippen MR) is 129 cm³/mol. The molecule has 0 saturated carbocycles. The number of benzene rings is 1. The largest absolute Gasteiger partial charge is 0.454 e. The van der Waals surface area contributed by atoms with E-state index in [9.17, 15) is 14.4 Å². The lowest BCUT2D eigenvalue weighted by Gasteiger charge is -2.17. The molecule has 1 aromatic heterocycles. The van der Waals surface area contributed by atoms with Crippen molar-refractivity contribution in [1.82, 2.24) is 20.1 Å². The third-order valence-corrected chi connectivity index (χ3v) is 5.44. The minimum absolute atomic E-state index is 0.0217. The highest BCUT2D eigenvalue weighted by Crippen LogP contribution is 2.37. The standard InChI is InChI=1S/C22H27Cl2N5O4/c1-6-12(4)18(9-14(11(2)3)20(30)26-5)33-19-15(23)7-13(8-16(19)24)29-22(32)27-21(31)17(10-25)28-29/h7-9,11H,6,10,25H2,1-5H3,(H,26,30)(H,27,31,32)/b14-9-,18-12-. The highest BCUT2D eigenvalue weighted by atomic mass is 35.5. The van der Waals surface area contributed by atoms with Crippen molar-refractivity contribution < 1.29 is 9.53 Å². The van der Waals surface area contributed by atoms with Crippen LogP contribution in [0, 0.1) is 5.92 Å². The van der Waals surface area contributed by atoms with Crippen LogP contribution in [0.5, 0.6) is 5.75 Å². The second-order valence-electron chi connectivity index (χ2n) is 7.49. The SMILES string of the molecule is CC/C(C)=C(/C=C(\C(=O)NC)C(C)C)Oc1c(Cl)cc(-n2nc(CN)c(=O)[nH]c2=O)cc1Cl. The van der Waals surface area contributed by atoms with Gasteiger partial charge < -0.3 is 15.8 Å². The van der Waals surface area contributed by atoms with Crippen molar-refractivity contribution in [3.8, 4) is 11.4 Å². The van der Waals surface area contributed by atoms with Gasteiger partial charge in [0.2, 0.25) is 5.91 Å². The molecule has 0 aliphatic carbocycles. The van der Waals surface area contributed by atoms with Crippen LogP contribution in [-0.4, -0.2) is 27.7 Å². The maximum Gasteiger partial charge on any atom is 0.349 e. The third-order valence-electron chi connectivity index (χ3n) is 4.88. The first-order chi connectivity index (χ1) is 15.5. The van der Waals surface area contributed by atoms with Crippen LogP contribution >= 0.6 is 23.2 Å². The number of allylic oxidation sites excluding steroid dienone is 2. The van der Waals surface area contributed by atoms with Crippen molar-refractivity contribution in [3.63, 3.8) is 0 Å². The van der Waals surface area contributed by atoms with Gasteiger partial charge in [0, 0.05) is 19.2 Å². The third kappa shape index (κ3) is 6.13. The van der Waals surface area contributed by atoms with Gasteiger partial charge in [0.05, 0.1) is 15.7 Å². The van der Waals surface area contributed by atoms with Crippen LogP contribution in [0.1, 0.15) is 39.8 Å². The molecule has 11 heteroatoms. The number of H-pyrrole nitrogens is 1. The van der Waals surface area contributed by atoms with Gasteiger partial charge >= 0.3 is 5.69 Å². The average molecular weight is 496 g/mol. The topological polar surface area (TPSA) is 132 Å². The molecule has 33 heavy (non-hydrogen) atoms. The molecular weight excluding hydrogens is 469 g/mol. The Morgan fingerprint density at radius 1 is 1.30 bits per heavy atom. The molecule has 1 aromatic carbocycles. The first-order valence-electron chi connectivity index (χ1n) is 10.3. The van der Waals surface area contributed by atoms with Gasteiger partial charge in [0.1, 0.15) is 11.5 Å². The summed E-state index contributed by atoms with van der Waals surface area (Å²) in [4.78, 5) is 38.4. The van der Waals surface area contributed by atoms with Crippen molar-refractivity contribution in [2.75, 3.05) is 7.05 Å². The van der Waals surface area contributed by atoms with Gasteiger partial charge in [-0.15, -0.1) is 0 Å². The highest BCUT2D eigenvalue weighted by molar-refractivity contribution is 6.37. The minimum atomic E-state index is -0.768. The maximum absolute atomic E-state index is 12.3. The second kappa shape index (κ2) is 11.3. The van der Waals surface area contributed by atoms with Crippen molar-refractivity contribution in [2.24, 2.45) is 11.7 Å². The van der Waals surface area contributed by atoms with Crippen LogP contribution in [0.2, 0.25) is 10.0 Å². The zero-order valence-electron chi connectivity index (χ0n) is 19.1. The summed E-state index contributed by atoms with van der Waals surface area (Å²) in [6.45, 7) is 7.48.